The van der Waals surface area contributed by atoms with Gasteiger partial charge in [0.1, 0.15) is 34.2 Å². The van der Waals surface area contributed by atoms with Gasteiger partial charge in [-0.3, -0.25) is 9.59 Å². The minimum Gasteiger partial charge on any atom is -0.496 e. The number of aliphatic imine (C=N–C) groups is 2. The maximum absolute atomic E-state index is 13.7. The maximum Gasteiger partial charge on any atom is 0.255 e. The molecule has 1 fully saturated rings. The lowest BCUT2D eigenvalue weighted by Gasteiger charge is -2.19. The second-order valence-corrected chi connectivity index (χ2v) is 10.2. The summed E-state index contributed by atoms with van der Waals surface area (Å²) in [5.74, 6) is 0.499. The minimum atomic E-state index is -0.704. The van der Waals surface area contributed by atoms with Gasteiger partial charge in [0.05, 0.1) is 24.8 Å². The van der Waals surface area contributed by atoms with Gasteiger partial charge in [-0.05, 0) is 81.4 Å². The van der Waals surface area contributed by atoms with Crippen LogP contribution in [0.15, 0.2) is 81.3 Å². The Morgan fingerprint density at radius 1 is 1.07 bits per heavy atom. The number of nitrogens with zero attached hydrogens (tertiary/aromatic N) is 2. The van der Waals surface area contributed by atoms with E-state index in [9.17, 15) is 14.0 Å². The van der Waals surface area contributed by atoms with E-state index in [1.165, 1.54) is 26.3 Å². The zero-order chi connectivity index (χ0) is 31.4. The largest absolute Gasteiger partial charge is 0.496 e. The number of furan rings is 1. The molecule has 0 saturated heterocycles. The summed E-state index contributed by atoms with van der Waals surface area (Å²) >= 11 is 0. The lowest BCUT2D eigenvalue weighted by Crippen LogP contribution is -2.42. The molecule has 226 valence electrons. The highest BCUT2D eigenvalue weighted by atomic mass is 19.1. The normalized spacial score (nSPS) is 14.0. The van der Waals surface area contributed by atoms with Gasteiger partial charge in [0.2, 0.25) is 0 Å². The fraction of sp³-hybridized carbons (Fsp3) is 0.235. The molecule has 1 saturated carbocycles. The number of halogens is 1. The van der Waals surface area contributed by atoms with Gasteiger partial charge < -0.3 is 24.5 Å². The first-order chi connectivity index (χ1) is 21.3. The Morgan fingerprint density at radius 2 is 1.80 bits per heavy atom. The third kappa shape index (κ3) is 5.70. The minimum absolute atomic E-state index is 0.297. The zero-order valence-electron chi connectivity index (χ0n) is 25.0. The average Bonchev–Trinajstić information content (AvgIpc) is 3.71. The number of ether oxygens (including phenoxy) is 2. The Morgan fingerprint density at radius 3 is 2.41 bits per heavy atom. The topological polar surface area (TPSA) is 115 Å². The second kappa shape index (κ2) is 12.5. The predicted molar refractivity (Wildman–Crippen MR) is 169 cm³/mol. The van der Waals surface area contributed by atoms with Gasteiger partial charge in [-0.15, -0.1) is 0 Å². The van der Waals surface area contributed by atoms with Crippen molar-refractivity contribution in [3.8, 4) is 33.9 Å². The zero-order valence-corrected chi connectivity index (χ0v) is 25.0. The van der Waals surface area contributed by atoms with Crippen LogP contribution in [0.2, 0.25) is 0 Å². The standard InChI is InChI=1S/C34H33FN4O5/c1-6-16-38-33(37-4)34(14-15-34)39-31(40)25-17-21(10-13-26(25)42-5)23-18-24-28(19-27(23)43-7-2)44-30(29(24)32(41)36-3)20-8-11-22(35)12-9-20/h6,8-13,16-19H,4,7,14-15H2,1-3,5H3,(H,36,41)(H,39,40)/b16-6-,38-33-. The number of allylic oxidation sites excluding steroid dienone is 1. The Bertz CT molecular complexity index is 1800. The monoisotopic (exact) mass is 596 g/mol. The lowest BCUT2D eigenvalue weighted by molar-refractivity contribution is 0.0937. The van der Waals surface area contributed by atoms with Gasteiger partial charge in [0, 0.05) is 35.8 Å². The second-order valence-electron chi connectivity index (χ2n) is 10.2. The number of hydrogen-bond acceptors (Lipinski definition) is 6. The van der Waals surface area contributed by atoms with Crippen molar-refractivity contribution < 1.29 is 27.9 Å². The highest BCUT2D eigenvalue weighted by Gasteiger charge is 2.49. The summed E-state index contributed by atoms with van der Waals surface area (Å²) < 4.78 is 31.4. The van der Waals surface area contributed by atoms with Crippen LogP contribution in [-0.4, -0.2) is 50.7 Å². The van der Waals surface area contributed by atoms with Gasteiger partial charge in [0.15, 0.2) is 5.84 Å². The first-order valence-corrected chi connectivity index (χ1v) is 14.2. The van der Waals surface area contributed by atoms with Crippen molar-refractivity contribution >= 4 is 35.3 Å². The number of amidine groups is 1. The van der Waals surface area contributed by atoms with Gasteiger partial charge in [0.25, 0.3) is 11.8 Å². The highest BCUT2D eigenvalue weighted by Crippen LogP contribution is 2.42. The quantitative estimate of drug-likeness (QED) is 0.159. The number of benzene rings is 3. The molecule has 9 nitrogen and oxygen atoms in total. The maximum atomic E-state index is 13.7. The molecule has 5 rings (SSSR count). The van der Waals surface area contributed by atoms with Crippen LogP contribution in [0.5, 0.6) is 11.5 Å². The van der Waals surface area contributed by atoms with E-state index < -0.39 is 11.4 Å². The molecule has 0 aliphatic heterocycles. The number of methoxy groups -OCH3 is 1. The van der Waals surface area contributed by atoms with E-state index in [1.54, 1.807) is 48.7 Å². The van der Waals surface area contributed by atoms with E-state index in [-0.39, 0.29) is 11.8 Å². The summed E-state index contributed by atoms with van der Waals surface area (Å²) in [5.41, 5.74) is 2.15. The number of hydrogen-bond donors (Lipinski definition) is 2. The van der Waals surface area contributed by atoms with Crippen LogP contribution in [-0.2, 0) is 0 Å². The van der Waals surface area contributed by atoms with E-state index >= 15 is 0 Å². The van der Waals surface area contributed by atoms with Crippen molar-refractivity contribution in [2.24, 2.45) is 9.98 Å². The molecular weight excluding hydrogens is 563 g/mol. The van der Waals surface area contributed by atoms with Crippen molar-refractivity contribution in [2.75, 3.05) is 20.8 Å². The summed E-state index contributed by atoms with van der Waals surface area (Å²) in [5, 5.41) is 6.28. The number of carbonyl (C=O) groups excluding carboxylic acids is 2. The molecule has 4 aromatic rings. The SMILES string of the molecule is C=N/C(=N\C=C/C)C1(NC(=O)c2cc(-c3cc4c(C(=O)NC)c(-c5ccc(F)cc5)oc4cc3OCC)ccc2OC)CC1. The third-order valence-corrected chi connectivity index (χ3v) is 7.43. The van der Waals surface area contributed by atoms with E-state index in [1.807, 2.05) is 19.9 Å². The van der Waals surface area contributed by atoms with Crippen LogP contribution < -0.4 is 20.1 Å². The van der Waals surface area contributed by atoms with Gasteiger partial charge in [-0.2, -0.15) is 0 Å². The van der Waals surface area contributed by atoms with Crippen LogP contribution in [0.4, 0.5) is 4.39 Å². The van der Waals surface area contributed by atoms with E-state index in [0.29, 0.717) is 81.3 Å². The van der Waals surface area contributed by atoms with Gasteiger partial charge in [-0.25, -0.2) is 14.4 Å². The molecule has 1 aliphatic carbocycles. The van der Waals surface area contributed by atoms with Crippen molar-refractivity contribution in [3.63, 3.8) is 0 Å². The number of rotatable bonds is 10. The molecule has 1 aliphatic rings. The molecule has 0 radical (unpaired) electrons. The fourth-order valence-corrected chi connectivity index (χ4v) is 5.11. The Hall–Kier alpha value is -5.25. The molecule has 44 heavy (non-hydrogen) atoms. The molecule has 0 unspecified atom stereocenters. The van der Waals surface area contributed by atoms with Crippen molar-refractivity contribution in [3.05, 3.63) is 83.8 Å². The Balaban J connectivity index is 1.63. The van der Waals surface area contributed by atoms with Crippen molar-refractivity contribution in [2.45, 2.75) is 32.2 Å². The summed E-state index contributed by atoms with van der Waals surface area (Å²) in [7, 11) is 3.03. The Kier molecular flexibility index (Phi) is 8.61. The Labute approximate surface area is 254 Å². The summed E-state index contributed by atoms with van der Waals surface area (Å²) in [6.45, 7) is 7.70. The average molecular weight is 597 g/mol. The van der Waals surface area contributed by atoms with E-state index in [2.05, 4.69) is 27.3 Å². The first-order valence-electron chi connectivity index (χ1n) is 14.2. The smallest absolute Gasteiger partial charge is 0.255 e. The molecular formula is C34H33FN4O5. The summed E-state index contributed by atoms with van der Waals surface area (Å²) in [4.78, 5) is 35.3. The number of fused-ring (bicyclic) bond motifs is 1. The molecule has 2 amide bonds. The van der Waals surface area contributed by atoms with Crippen LogP contribution in [0.3, 0.4) is 0 Å². The van der Waals surface area contributed by atoms with E-state index in [4.69, 9.17) is 13.9 Å². The van der Waals surface area contributed by atoms with Crippen molar-refractivity contribution in [1.29, 1.82) is 0 Å². The predicted octanol–water partition coefficient (Wildman–Crippen LogP) is 6.57. The first kappa shape index (κ1) is 30.2. The molecule has 0 spiro atoms. The van der Waals surface area contributed by atoms with Gasteiger partial charge >= 0.3 is 0 Å². The fourth-order valence-electron chi connectivity index (χ4n) is 5.11. The molecule has 10 heteroatoms. The van der Waals surface area contributed by atoms with E-state index in [0.717, 1.165) is 0 Å². The number of carbonyl (C=O) groups is 2. The van der Waals surface area contributed by atoms with Crippen LogP contribution in [0.25, 0.3) is 33.4 Å². The molecule has 0 atom stereocenters. The third-order valence-electron chi connectivity index (χ3n) is 7.43. The summed E-state index contributed by atoms with van der Waals surface area (Å²) in [6, 6.07) is 14.5. The highest BCUT2D eigenvalue weighted by molar-refractivity contribution is 6.12. The van der Waals surface area contributed by atoms with Crippen LogP contribution >= 0.6 is 0 Å². The van der Waals surface area contributed by atoms with Crippen LogP contribution in [0, 0.1) is 5.82 Å². The lowest BCUT2D eigenvalue weighted by atomic mass is 9.97. The van der Waals surface area contributed by atoms with Crippen molar-refractivity contribution in [1.82, 2.24) is 10.6 Å². The molecule has 0 bridgehead atoms. The molecule has 3 aromatic carbocycles. The molecule has 1 heterocycles. The number of amides is 2. The summed E-state index contributed by atoms with van der Waals surface area (Å²) in [6.07, 6.45) is 4.76. The van der Waals surface area contributed by atoms with Crippen LogP contribution in [0.1, 0.15) is 47.4 Å². The number of nitrogens with one attached hydrogen (secondary N) is 2. The molecule has 2 N–H and O–H groups in total. The molecule has 1 aromatic heterocycles. The van der Waals surface area contributed by atoms with Gasteiger partial charge in [-0.1, -0.05) is 12.1 Å².